The number of hydrogen-bond acceptors (Lipinski definition) is 5. The third-order valence-electron chi connectivity index (χ3n) is 3.33. The topological polar surface area (TPSA) is 74.0 Å². The van der Waals surface area contributed by atoms with Crippen molar-refractivity contribution in [3.05, 3.63) is 17.7 Å². The summed E-state index contributed by atoms with van der Waals surface area (Å²) in [5.74, 6) is 1.53. The number of carbonyl (C=O) groups excluding carboxylic acids is 1. The number of carbonyl (C=O) groups is 1. The van der Waals surface area contributed by atoms with Gasteiger partial charge in [0.15, 0.2) is 11.5 Å². The van der Waals surface area contributed by atoms with Crippen molar-refractivity contribution in [2.75, 3.05) is 42.0 Å². The molecule has 6 nitrogen and oxygen atoms in total. The average molecular weight is 296 g/mol. The van der Waals surface area contributed by atoms with Crippen LogP contribution in [0.25, 0.3) is 0 Å². The highest BCUT2D eigenvalue weighted by Gasteiger charge is 2.22. The second-order valence-corrected chi connectivity index (χ2v) is 4.89. The number of nitrogens with zero attached hydrogens (tertiary/aromatic N) is 1. The summed E-state index contributed by atoms with van der Waals surface area (Å²) in [6, 6.07) is 3.57. The van der Waals surface area contributed by atoms with Crippen molar-refractivity contribution in [3.63, 3.8) is 0 Å². The Hall–Kier alpha value is -1.95. The zero-order valence-electron chi connectivity index (χ0n) is 13.3. The second-order valence-electron chi connectivity index (χ2n) is 4.89. The predicted molar refractivity (Wildman–Crippen MR) is 81.0 cm³/mol. The Morgan fingerprint density at radius 3 is 2.05 bits per heavy atom. The van der Waals surface area contributed by atoms with E-state index in [0.717, 1.165) is 5.56 Å². The molecule has 6 heteroatoms. The summed E-state index contributed by atoms with van der Waals surface area (Å²) in [5, 5.41) is 0. The lowest BCUT2D eigenvalue weighted by molar-refractivity contribution is -0.132. The maximum atomic E-state index is 12.1. The van der Waals surface area contributed by atoms with Gasteiger partial charge in [-0.2, -0.15) is 0 Å². The largest absolute Gasteiger partial charge is 0.496 e. The fourth-order valence-corrected chi connectivity index (χ4v) is 2.15. The minimum absolute atomic E-state index is 0.00524. The zero-order chi connectivity index (χ0) is 16.0. The Morgan fingerprint density at radius 1 is 1.10 bits per heavy atom. The fraction of sp³-hybridized carbons (Fsp3) is 0.533. The van der Waals surface area contributed by atoms with Gasteiger partial charge in [0.05, 0.1) is 27.2 Å². The molecule has 0 saturated carbocycles. The number of hydrogen-bond donors (Lipinski definition) is 1. The molecule has 0 spiro atoms. The molecule has 21 heavy (non-hydrogen) atoms. The van der Waals surface area contributed by atoms with E-state index in [0.29, 0.717) is 23.7 Å². The molecule has 1 amide bonds. The average Bonchev–Trinajstić information content (AvgIpc) is 2.50. The molecule has 0 bridgehead atoms. The van der Waals surface area contributed by atoms with Crippen LogP contribution in [0.15, 0.2) is 12.1 Å². The smallest absolute Gasteiger partial charge is 0.226 e. The fourth-order valence-electron chi connectivity index (χ4n) is 2.15. The maximum Gasteiger partial charge on any atom is 0.226 e. The summed E-state index contributed by atoms with van der Waals surface area (Å²) in [6.45, 7) is 0.272. The van der Waals surface area contributed by atoms with Crippen LogP contribution in [0.3, 0.4) is 0 Å². The normalized spacial score (nSPS) is 11.7. The molecule has 1 aromatic rings. The summed E-state index contributed by atoms with van der Waals surface area (Å²) in [7, 11) is 8.15. The van der Waals surface area contributed by atoms with Crippen molar-refractivity contribution in [3.8, 4) is 17.2 Å². The van der Waals surface area contributed by atoms with Crippen molar-refractivity contribution in [1.29, 1.82) is 0 Å². The quantitative estimate of drug-likeness (QED) is 0.810. The molecule has 1 rings (SSSR count). The van der Waals surface area contributed by atoms with E-state index in [2.05, 4.69) is 0 Å². The van der Waals surface area contributed by atoms with Gasteiger partial charge in [-0.3, -0.25) is 4.79 Å². The van der Waals surface area contributed by atoms with Gasteiger partial charge in [-0.15, -0.1) is 0 Å². The molecular formula is C15H24N2O4. The summed E-state index contributed by atoms with van der Waals surface area (Å²) < 4.78 is 15.9. The Balaban J connectivity index is 3.13. The molecule has 0 fully saturated rings. The highest BCUT2D eigenvalue weighted by molar-refractivity contribution is 5.79. The number of benzene rings is 1. The first-order valence-corrected chi connectivity index (χ1v) is 6.68. The van der Waals surface area contributed by atoms with Crippen LogP contribution in [0.4, 0.5) is 0 Å². The molecule has 0 aromatic heterocycles. The van der Waals surface area contributed by atoms with E-state index in [4.69, 9.17) is 19.9 Å². The SMILES string of the molecule is COc1cc(OC)c(OC)cc1CC(CN)C(=O)N(C)C. The van der Waals surface area contributed by atoms with Gasteiger partial charge in [-0.25, -0.2) is 0 Å². The molecule has 0 radical (unpaired) electrons. The van der Waals surface area contributed by atoms with Crippen LogP contribution in [0.2, 0.25) is 0 Å². The van der Waals surface area contributed by atoms with E-state index >= 15 is 0 Å². The molecule has 1 aromatic carbocycles. The molecule has 0 aliphatic heterocycles. The van der Waals surface area contributed by atoms with E-state index in [9.17, 15) is 4.79 Å². The van der Waals surface area contributed by atoms with E-state index in [1.807, 2.05) is 6.07 Å². The van der Waals surface area contributed by atoms with Crippen LogP contribution in [-0.2, 0) is 11.2 Å². The van der Waals surface area contributed by atoms with Crippen LogP contribution < -0.4 is 19.9 Å². The van der Waals surface area contributed by atoms with Crippen molar-refractivity contribution in [1.82, 2.24) is 4.90 Å². The molecule has 118 valence electrons. The standard InChI is InChI=1S/C15H24N2O4/c1-17(2)15(18)11(9-16)6-10-7-13(20-4)14(21-5)8-12(10)19-3/h7-8,11H,6,9,16H2,1-5H3. The first-order chi connectivity index (χ1) is 9.98. The Labute approximate surface area is 125 Å². The zero-order valence-corrected chi connectivity index (χ0v) is 13.3. The van der Waals surface area contributed by atoms with Crippen molar-refractivity contribution < 1.29 is 19.0 Å². The maximum absolute atomic E-state index is 12.1. The molecule has 2 N–H and O–H groups in total. The van der Waals surface area contributed by atoms with E-state index in [1.165, 1.54) is 0 Å². The van der Waals surface area contributed by atoms with Crippen LogP contribution in [0.1, 0.15) is 5.56 Å². The van der Waals surface area contributed by atoms with Crippen molar-refractivity contribution >= 4 is 5.91 Å². The molecule has 0 heterocycles. The Kier molecular flexibility index (Phi) is 6.30. The summed E-state index contributed by atoms with van der Waals surface area (Å²) in [5.41, 5.74) is 6.60. The molecule has 0 aliphatic carbocycles. The number of nitrogens with two attached hydrogens (primary N) is 1. The van der Waals surface area contributed by atoms with Gasteiger partial charge in [-0.1, -0.05) is 0 Å². The summed E-state index contributed by atoms with van der Waals surface area (Å²) >= 11 is 0. The molecule has 1 unspecified atom stereocenters. The van der Waals surface area contributed by atoms with E-state index in [1.54, 1.807) is 46.4 Å². The summed E-state index contributed by atoms with van der Waals surface area (Å²) in [4.78, 5) is 13.7. The van der Waals surface area contributed by atoms with Crippen LogP contribution in [-0.4, -0.2) is 52.8 Å². The van der Waals surface area contributed by atoms with Crippen molar-refractivity contribution in [2.45, 2.75) is 6.42 Å². The molecular weight excluding hydrogens is 272 g/mol. The molecule has 0 aliphatic rings. The van der Waals surface area contributed by atoms with Gasteiger partial charge in [0, 0.05) is 26.7 Å². The first kappa shape index (κ1) is 17.1. The van der Waals surface area contributed by atoms with Gasteiger partial charge >= 0.3 is 0 Å². The minimum atomic E-state index is -0.299. The minimum Gasteiger partial charge on any atom is -0.496 e. The Bertz CT molecular complexity index is 489. The monoisotopic (exact) mass is 296 g/mol. The van der Waals surface area contributed by atoms with Crippen LogP contribution in [0, 0.1) is 5.92 Å². The number of ether oxygens (including phenoxy) is 3. The van der Waals surface area contributed by atoms with Gasteiger partial charge in [0.25, 0.3) is 0 Å². The predicted octanol–water partition coefficient (Wildman–Crippen LogP) is 0.918. The number of rotatable bonds is 7. The van der Waals surface area contributed by atoms with E-state index in [-0.39, 0.29) is 18.4 Å². The Morgan fingerprint density at radius 2 is 1.62 bits per heavy atom. The van der Waals surface area contributed by atoms with Gasteiger partial charge in [-0.05, 0) is 18.1 Å². The second kappa shape index (κ2) is 7.73. The summed E-state index contributed by atoms with van der Waals surface area (Å²) in [6.07, 6.45) is 0.483. The van der Waals surface area contributed by atoms with Crippen molar-refractivity contribution in [2.24, 2.45) is 11.7 Å². The lowest BCUT2D eigenvalue weighted by Gasteiger charge is -2.21. The van der Waals surface area contributed by atoms with Gasteiger partial charge < -0.3 is 24.8 Å². The van der Waals surface area contributed by atoms with Crippen LogP contribution in [0.5, 0.6) is 17.2 Å². The third kappa shape index (κ3) is 4.01. The lowest BCUT2D eigenvalue weighted by Crippen LogP contribution is -2.35. The first-order valence-electron chi connectivity index (χ1n) is 6.68. The lowest BCUT2D eigenvalue weighted by atomic mass is 9.97. The molecule has 1 atom stereocenters. The van der Waals surface area contributed by atoms with Gasteiger partial charge in [0.2, 0.25) is 5.91 Å². The number of methoxy groups -OCH3 is 3. The highest BCUT2D eigenvalue weighted by atomic mass is 16.5. The highest BCUT2D eigenvalue weighted by Crippen LogP contribution is 2.35. The molecule has 0 saturated heterocycles. The van der Waals surface area contributed by atoms with Crippen LogP contribution >= 0.6 is 0 Å². The van der Waals surface area contributed by atoms with E-state index < -0.39 is 0 Å². The third-order valence-corrected chi connectivity index (χ3v) is 3.33. The van der Waals surface area contributed by atoms with Gasteiger partial charge in [0.1, 0.15) is 5.75 Å². The number of amides is 1.